The third-order valence-corrected chi connectivity index (χ3v) is 5.40. The highest BCUT2D eigenvalue weighted by Crippen LogP contribution is 2.26. The molecule has 0 aliphatic carbocycles. The number of carbonyl (C=O) groups excluding carboxylic acids is 3. The van der Waals surface area contributed by atoms with E-state index in [9.17, 15) is 14.4 Å². The molecule has 1 fully saturated rings. The smallest absolute Gasteiger partial charge is 0.252 e. The molecule has 0 saturated carbocycles. The van der Waals surface area contributed by atoms with E-state index in [0.29, 0.717) is 12.0 Å². The van der Waals surface area contributed by atoms with Gasteiger partial charge in [0.2, 0.25) is 5.91 Å². The first-order chi connectivity index (χ1) is 11.7. The third kappa shape index (κ3) is 5.12. The fourth-order valence-electron chi connectivity index (χ4n) is 2.65. The number of nitrogens with one attached hydrogen (secondary N) is 2. The molecule has 1 saturated heterocycles. The summed E-state index contributed by atoms with van der Waals surface area (Å²) in [5.41, 5.74) is 0.414. The van der Waals surface area contributed by atoms with E-state index >= 15 is 0 Å². The second-order valence-corrected chi connectivity index (χ2v) is 8.01. The Labute approximate surface area is 152 Å². The SMILES string of the molecule is CCC(C)(C)C[C@H](NC(=O)c1ccsc1)C(=O)N[C@@H]1C(=O)CO[C@H]1C. The molecule has 6 nitrogen and oxygen atoms in total. The molecular formula is C18H26N2O4S. The second-order valence-electron chi connectivity index (χ2n) is 7.23. The zero-order chi connectivity index (χ0) is 18.6. The fourth-order valence-corrected chi connectivity index (χ4v) is 3.29. The van der Waals surface area contributed by atoms with Gasteiger partial charge in [-0.3, -0.25) is 14.4 Å². The second kappa shape index (κ2) is 8.10. The van der Waals surface area contributed by atoms with Crippen molar-refractivity contribution in [2.45, 2.75) is 58.7 Å². The molecule has 0 radical (unpaired) electrons. The lowest BCUT2D eigenvalue weighted by Crippen LogP contribution is -2.54. The van der Waals surface area contributed by atoms with Crippen LogP contribution < -0.4 is 10.6 Å². The Balaban J connectivity index is 2.11. The Morgan fingerprint density at radius 1 is 1.44 bits per heavy atom. The molecule has 7 heteroatoms. The Kier molecular flexibility index (Phi) is 6.35. The van der Waals surface area contributed by atoms with E-state index in [0.717, 1.165) is 6.42 Å². The van der Waals surface area contributed by atoms with Gasteiger partial charge in [-0.25, -0.2) is 0 Å². The van der Waals surface area contributed by atoms with Crippen molar-refractivity contribution in [2.75, 3.05) is 6.61 Å². The molecule has 3 atom stereocenters. The summed E-state index contributed by atoms with van der Waals surface area (Å²) in [5, 5.41) is 9.12. The number of carbonyl (C=O) groups is 3. The van der Waals surface area contributed by atoms with Crippen LogP contribution in [0.1, 0.15) is 50.9 Å². The zero-order valence-corrected chi connectivity index (χ0v) is 15.9. The van der Waals surface area contributed by atoms with E-state index in [4.69, 9.17) is 4.74 Å². The van der Waals surface area contributed by atoms with Crippen molar-refractivity contribution in [3.63, 3.8) is 0 Å². The molecule has 2 amide bonds. The summed E-state index contributed by atoms with van der Waals surface area (Å²) >= 11 is 1.43. The van der Waals surface area contributed by atoms with Gasteiger partial charge < -0.3 is 15.4 Å². The van der Waals surface area contributed by atoms with Gasteiger partial charge in [0.25, 0.3) is 5.91 Å². The van der Waals surface area contributed by atoms with E-state index in [1.807, 2.05) is 12.3 Å². The van der Waals surface area contributed by atoms with Crippen LogP contribution in [-0.4, -0.2) is 42.4 Å². The molecule has 0 aromatic carbocycles. The standard InChI is InChI=1S/C18H26N2O4S/c1-5-18(3,4)8-13(19-16(22)12-6-7-25-10-12)17(23)20-15-11(2)24-9-14(15)21/h6-7,10-11,13,15H,5,8-9H2,1-4H3,(H,19,22)(H,20,23)/t11-,13-,15-/m0/s1. The first kappa shape index (κ1) is 19.6. The van der Waals surface area contributed by atoms with Crippen LogP contribution in [0.2, 0.25) is 0 Å². The van der Waals surface area contributed by atoms with Crippen LogP contribution in [-0.2, 0) is 14.3 Å². The molecule has 0 bridgehead atoms. The van der Waals surface area contributed by atoms with Crippen LogP contribution in [0, 0.1) is 5.41 Å². The van der Waals surface area contributed by atoms with Crippen molar-refractivity contribution in [1.82, 2.24) is 10.6 Å². The molecule has 138 valence electrons. The first-order valence-corrected chi connectivity index (χ1v) is 9.45. The van der Waals surface area contributed by atoms with Crippen LogP contribution in [0.5, 0.6) is 0 Å². The summed E-state index contributed by atoms with van der Waals surface area (Å²) in [6.45, 7) is 7.92. The van der Waals surface area contributed by atoms with Gasteiger partial charge in [-0.2, -0.15) is 11.3 Å². The van der Waals surface area contributed by atoms with Gasteiger partial charge in [0, 0.05) is 5.38 Å². The normalized spacial score (nSPS) is 21.8. The number of ketones is 1. The molecule has 2 rings (SSSR count). The molecule has 1 aromatic heterocycles. The van der Waals surface area contributed by atoms with Gasteiger partial charge in [-0.15, -0.1) is 0 Å². The Hall–Kier alpha value is -1.73. The molecule has 2 heterocycles. The minimum atomic E-state index is -0.706. The van der Waals surface area contributed by atoms with Crippen LogP contribution in [0.15, 0.2) is 16.8 Å². The Morgan fingerprint density at radius 3 is 2.68 bits per heavy atom. The predicted octanol–water partition coefficient (Wildman–Crippen LogP) is 2.15. The lowest BCUT2D eigenvalue weighted by atomic mass is 9.83. The summed E-state index contributed by atoms with van der Waals surface area (Å²) in [6.07, 6.45) is 0.998. The molecular weight excluding hydrogens is 340 g/mol. The predicted molar refractivity (Wildman–Crippen MR) is 96.6 cm³/mol. The lowest BCUT2D eigenvalue weighted by Gasteiger charge is -2.29. The highest BCUT2D eigenvalue weighted by atomic mass is 32.1. The quantitative estimate of drug-likeness (QED) is 0.774. The van der Waals surface area contributed by atoms with E-state index in [2.05, 4.69) is 24.5 Å². The van der Waals surface area contributed by atoms with Gasteiger partial charge in [-0.1, -0.05) is 27.2 Å². The van der Waals surface area contributed by atoms with Gasteiger partial charge in [0.15, 0.2) is 5.78 Å². The maximum atomic E-state index is 12.8. The van der Waals surface area contributed by atoms with Crippen molar-refractivity contribution in [3.05, 3.63) is 22.4 Å². The molecule has 1 aliphatic rings. The largest absolute Gasteiger partial charge is 0.368 e. The van der Waals surface area contributed by atoms with Crippen molar-refractivity contribution >= 4 is 28.9 Å². The van der Waals surface area contributed by atoms with E-state index in [1.165, 1.54) is 11.3 Å². The van der Waals surface area contributed by atoms with Crippen LogP contribution in [0.25, 0.3) is 0 Å². The first-order valence-electron chi connectivity index (χ1n) is 8.51. The fraction of sp³-hybridized carbons (Fsp3) is 0.611. The number of rotatable bonds is 7. The molecule has 0 spiro atoms. The van der Waals surface area contributed by atoms with Crippen molar-refractivity contribution in [1.29, 1.82) is 0 Å². The highest BCUT2D eigenvalue weighted by molar-refractivity contribution is 7.08. The average molecular weight is 366 g/mol. The third-order valence-electron chi connectivity index (χ3n) is 4.72. The number of thiophene rings is 1. The number of hydrogen-bond acceptors (Lipinski definition) is 5. The van der Waals surface area contributed by atoms with E-state index in [1.54, 1.807) is 18.4 Å². The summed E-state index contributed by atoms with van der Waals surface area (Å²) in [7, 11) is 0. The highest BCUT2D eigenvalue weighted by Gasteiger charge is 2.36. The van der Waals surface area contributed by atoms with Crippen molar-refractivity contribution in [2.24, 2.45) is 5.41 Å². The topological polar surface area (TPSA) is 84.5 Å². The van der Waals surface area contributed by atoms with Gasteiger partial charge in [-0.05, 0) is 30.2 Å². The monoisotopic (exact) mass is 366 g/mol. The summed E-state index contributed by atoms with van der Waals surface area (Å²) in [4.78, 5) is 37.0. The molecule has 1 aromatic rings. The summed E-state index contributed by atoms with van der Waals surface area (Å²) in [5.74, 6) is -0.769. The molecule has 25 heavy (non-hydrogen) atoms. The maximum absolute atomic E-state index is 12.8. The Morgan fingerprint density at radius 2 is 2.16 bits per heavy atom. The maximum Gasteiger partial charge on any atom is 0.252 e. The molecule has 0 unspecified atom stereocenters. The minimum Gasteiger partial charge on any atom is -0.368 e. The van der Waals surface area contributed by atoms with E-state index in [-0.39, 0.29) is 35.7 Å². The van der Waals surface area contributed by atoms with Gasteiger partial charge in [0.05, 0.1) is 11.7 Å². The minimum absolute atomic E-state index is 0.0124. The number of hydrogen-bond donors (Lipinski definition) is 2. The van der Waals surface area contributed by atoms with Crippen LogP contribution in [0.4, 0.5) is 0 Å². The summed E-state index contributed by atoms with van der Waals surface area (Å²) < 4.78 is 5.27. The van der Waals surface area contributed by atoms with Crippen molar-refractivity contribution in [3.8, 4) is 0 Å². The summed E-state index contributed by atoms with van der Waals surface area (Å²) in [6, 6.07) is 0.358. The van der Waals surface area contributed by atoms with Crippen LogP contribution in [0.3, 0.4) is 0 Å². The van der Waals surface area contributed by atoms with Crippen molar-refractivity contribution < 1.29 is 19.1 Å². The number of amides is 2. The Bertz CT molecular complexity index is 627. The zero-order valence-electron chi connectivity index (χ0n) is 15.1. The lowest BCUT2D eigenvalue weighted by molar-refractivity contribution is -0.128. The number of ether oxygens (including phenoxy) is 1. The van der Waals surface area contributed by atoms with Crippen LogP contribution >= 0.6 is 11.3 Å². The van der Waals surface area contributed by atoms with Gasteiger partial charge in [0.1, 0.15) is 18.7 Å². The average Bonchev–Trinajstić information content (AvgIpc) is 3.19. The number of Topliss-reactive ketones (excluding diaryl/α,β-unsaturated/α-hetero) is 1. The van der Waals surface area contributed by atoms with E-state index < -0.39 is 12.1 Å². The molecule has 1 aliphatic heterocycles. The van der Waals surface area contributed by atoms with Gasteiger partial charge >= 0.3 is 0 Å². The molecule has 2 N–H and O–H groups in total.